The van der Waals surface area contributed by atoms with Gasteiger partial charge in [-0.25, -0.2) is 0 Å². The summed E-state index contributed by atoms with van der Waals surface area (Å²) in [7, 11) is 0. The van der Waals surface area contributed by atoms with Crippen LogP contribution in [-0.2, 0) is 9.59 Å². The number of ether oxygens (including phenoxy) is 1. The molecule has 0 spiro atoms. The molecule has 1 aromatic carbocycles. The van der Waals surface area contributed by atoms with Crippen LogP contribution >= 0.6 is 11.6 Å². The third-order valence-corrected chi connectivity index (χ3v) is 2.84. The summed E-state index contributed by atoms with van der Waals surface area (Å²) in [4.78, 5) is 22.4. The molecule has 6 heteroatoms. The minimum atomic E-state index is -0.536. The van der Waals surface area contributed by atoms with Crippen LogP contribution in [0.1, 0.15) is 13.3 Å². The molecule has 1 aliphatic rings. The van der Waals surface area contributed by atoms with E-state index < -0.39 is 6.04 Å². The van der Waals surface area contributed by atoms with Crippen LogP contribution in [-0.4, -0.2) is 24.5 Å². The molecule has 1 aromatic rings. The number of amides is 2. The quantitative estimate of drug-likeness (QED) is 0.814. The Labute approximate surface area is 109 Å². The second-order valence-electron chi connectivity index (χ2n) is 3.89. The molecular weight excluding hydrogens is 256 g/mol. The molecule has 18 heavy (non-hydrogen) atoms. The van der Waals surface area contributed by atoms with E-state index in [0.29, 0.717) is 23.1 Å². The van der Waals surface area contributed by atoms with Crippen LogP contribution in [0.25, 0.3) is 0 Å². The second kappa shape index (κ2) is 5.27. The molecule has 96 valence electrons. The first-order valence-electron chi connectivity index (χ1n) is 5.62. The lowest BCUT2D eigenvalue weighted by atomic mass is 10.2. The summed E-state index contributed by atoms with van der Waals surface area (Å²) in [5.74, 6) is 0.0104. The Bertz CT molecular complexity index is 490. The average molecular weight is 269 g/mol. The van der Waals surface area contributed by atoms with Gasteiger partial charge in [-0.05, 0) is 25.1 Å². The van der Waals surface area contributed by atoms with Crippen molar-refractivity contribution in [1.29, 1.82) is 0 Å². The molecule has 1 heterocycles. The van der Waals surface area contributed by atoms with Crippen molar-refractivity contribution in [3.8, 4) is 5.75 Å². The number of hydrogen-bond acceptors (Lipinski definition) is 4. The van der Waals surface area contributed by atoms with E-state index in [2.05, 4.69) is 10.6 Å². The first-order valence-corrected chi connectivity index (χ1v) is 6.00. The second-order valence-corrected chi connectivity index (χ2v) is 4.30. The first kappa shape index (κ1) is 12.7. The highest BCUT2D eigenvalue weighted by Crippen LogP contribution is 2.28. The number of rotatable bonds is 4. The van der Waals surface area contributed by atoms with E-state index >= 15 is 0 Å². The Morgan fingerprint density at radius 3 is 2.83 bits per heavy atom. The lowest BCUT2D eigenvalue weighted by Gasteiger charge is -2.12. The third-order valence-electron chi connectivity index (χ3n) is 2.54. The molecule has 2 N–H and O–H groups in total. The fraction of sp³-hybridized carbons (Fsp3) is 0.333. The number of nitrogens with one attached hydrogen (secondary N) is 2. The normalized spacial score (nSPS) is 18.7. The molecule has 5 nitrogen and oxygen atoms in total. The van der Waals surface area contributed by atoms with Gasteiger partial charge >= 0.3 is 0 Å². The van der Waals surface area contributed by atoms with Gasteiger partial charge in [-0.1, -0.05) is 11.6 Å². The maximum absolute atomic E-state index is 11.4. The lowest BCUT2D eigenvalue weighted by molar-refractivity contribution is -0.124. The predicted molar refractivity (Wildman–Crippen MR) is 67.8 cm³/mol. The van der Waals surface area contributed by atoms with Crippen molar-refractivity contribution in [3.05, 3.63) is 23.2 Å². The summed E-state index contributed by atoms with van der Waals surface area (Å²) in [5.41, 5.74) is 0.679. The highest BCUT2D eigenvalue weighted by atomic mass is 35.5. The Morgan fingerprint density at radius 1 is 1.50 bits per heavy atom. The number of anilines is 1. The number of carbonyl (C=O) groups is 2. The van der Waals surface area contributed by atoms with Crippen molar-refractivity contribution in [1.82, 2.24) is 5.32 Å². The molecule has 0 aromatic heterocycles. The maximum Gasteiger partial charge on any atom is 0.249 e. The molecule has 0 bridgehead atoms. The van der Waals surface area contributed by atoms with Gasteiger partial charge in [0.2, 0.25) is 11.8 Å². The van der Waals surface area contributed by atoms with Crippen LogP contribution in [0.3, 0.4) is 0 Å². The van der Waals surface area contributed by atoms with Crippen molar-refractivity contribution in [3.63, 3.8) is 0 Å². The number of carbonyl (C=O) groups excluding carboxylic acids is 2. The molecule has 0 aliphatic carbocycles. The van der Waals surface area contributed by atoms with Gasteiger partial charge in [-0.15, -0.1) is 0 Å². The van der Waals surface area contributed by atoms with E-state index in [1.807, 2.05) is 6.92 Å². The third kappa shape index (κ3) is 2.73. The van der Waals surface area contributed by atoms with Gasteiger partial charge < -0.3 is 10.1 Å². The van der Waals surface area contributed by atoms with Gasteiger partial charge in [0.05, 0.1) is 18.1 Å². The van der Waals surface area contributed by atoms with E-state index in [1.165, 1.54) is 0 Å². The van der Waals surface area contributed by atoms with Crippen LogP contribution in [0.2, 0.25) is 5.02 Å². The predicted octanol–water partition coefficient (Wildman–Crippen LogP) is 1.57. The van der Waals surface area contributed by atoms with Gasteiger partial charge in [-0.2, -0.15) is 0 Å². The fourth-order valence-corrected chi connectivity index (χ4v) is 1.97. The zero-order valence-corrected chi connectivity index (χ0v) is 10.6. The van der Waals surface area contributed by atoms with E-state index in [9.17, 15) is 9.59 Å². The summed E-state index contributed by atoms with van der Waals surface area (Å²) in [6.45, 7) is 2.41. The van der Waals surface area contributed by atoms with Crippen molar-refractivity contribution < 1.29 is 14.3 Å². The maximum atomic E-state index is 11.4. The van der Waals surface area contributed by atoms with Crippen molar-refractivity contribution in [2.75, 3.05) is 11.9 Å². The van der Waals surface area contributed by atoms with Gasteiger partial charge in [0, 0.05) is 5.69 Å². The SMILES string of the molecule is CCOc1ccc(NC2CC(=O)NC2=O)cc1Cl. The van der Waals surface area contributed by atoms with Crippen molar-refractivity contribution in [2.24, 2.45) is 0 Å². The average Bonchev–Trinajstić information content (AvgIpc) is 2.61. The zero-order valence-electron chi connectivity index (χ0n) is 9.83. The Morgan fingerprint density at radius 2 is 2.28 bits per heavy atom. The molecule has 1 atom stereocenters. The Balaban J connectivity index is 2.08. The Kier molecular flexibility index (Phi) is 3.72. The summed E-state index contributed by atoms with van der Waals surface area (Å²) in [6, 6.07) is 4.62. The highest BCUT2D eigenvalue weighted by molar-refractivity contribution is 6.32. The lowest BCUT2D eigenvalue weighted by Crippen LogP contribution is -2.29. The molecule has 2 rings (SSSR count). The molecule has 1 unspecified atom stereocenters. The topological polar surface area (TPSA) is 67.4 Å². The largest absolute Gasteiger partial charge is 0.492 e. The molecule has 0 radical (unpaired) electrons. The first-order chi connectivity index (χ1) is 8.60. The minimum Gasteiger partial charge on any atom is -0.492 e. The summed E-state index contributed by atoms with van der Waals surface area (Å²) >= 11 is 6.03. The number of imide groups is 1. The van der Waals surface area contributed by atoms with E-state index in [4.69, 9.17) is 16.3 Å². The number of halogens is 1. The van der Waals surface area contributed by atoms with Crippen LogP contribution in [0, 0.1) is 0 Å². The summed E-state index contributed by atoms with van der Waals surface area (Å²) < 4.78 is 5.31. The van der Waals surface area contributed by atoms with E-state index in [0.717, 1.165) is 0 Å². The summed E-state index contributed by atoms with van der Waals surface area (Å²) in [6.07, 6.45) is 0.143. The highest BCUT2D eigenvalue weighted by Gasteiger charge is 2.30. The van der Waals surface area contributed by atoms with Crippen LogP contribution in [0.5, 0.6) is 5.75 Å². The number of hydrogen-bond donors (Lipinski definition) is 2. The van der Waals surface area contributed by atoms with Gasteiger partial charge in [0.1, 0.15) is 11.8 Å². The molecule has 1 aliphatic heterocycles. The van der Waals surface area contributed by atoms with Gasteiger partial charge in [0.15, 0.2) is 0 Å². The zero-order chi connectivity index (χ0) is 13.1. The molecule has 0 saturated carbocycles. The van der Waals surface area contributed by atoms with Crippen molar-refractivity contribution >= 4 is 29.1 Å². The van der Waals surface area contributed by atoms with Gasteiger partial charge in [-0.3, -0.25) is 14.9 Å². The molecule has 1 fully saturated rings. The molecule has 2 amide bonds. The van der Waals surface area contributed by atoms with Crippen molar-refractivity contribution in [2.45, 2.75) is 19.4 Å². The molecule has 1 saturated heterocycles. The van der Waals surface area contributed by atoms with Crippen LogP contribution in [0.4, 0.5) is 5.69 Å². The molecular formula is C12H13ClN2O3. The number of benzene rings is 1. The Hall–Kier alpha value is -1.75. The fourth-order valence-electron chi connectivity index (χ4n) is 1.73. The van der Waals surface area contributed by atoms with Gasteiger partial charge in [0.25, 0.3) is 0 Å². The van der Waals surface area contributed by atoms with E-state index in [1.54, 1.807) is 18.2 Å². The monoisotopic (exact) mass is 268 g/mol. The van der Waals surface area contributed by atoms with E-state index in [-0.39, 0.29) is 18.2 Å². The van der Waals surface area contributed by atoms with Crippen LogP contribution < -0.4 is 15.4 Å². The standard InChI is InChI=1S/C12H13ClN2O3/c1-2-18-10-4-3-7(5-8(10)13)14-9-6-11(16)15-12(9)17/h3-5,9,14H,2,6H2,1H3,(H,15,16,17). The van der Waals surface area contributed by atoms with Crippen LogP contribution in [0.15, 0.2) is 18.2 Å². The minimum absolute atomic E-state index is 0.143. The smallest absolute Gasteiger partial charge is 0.249 e. The summed E-state index contributed by atoms with van der Waals surface area (Å²) in [5, 5.41) is 5.66.